The van der Waals surface area contributed by atoms with Crippen LogP contribution in [-0.2, 0) is 0 Å². The molecule has 21 heavy (non-hydrogen) atoms. The maximum atomic E-state index is 6.28. The predicted molar refractivity (Wildman–Crippen MR) is 92.7 cm³/mol. The third-order valence-electron chi connectivity index (χ3n) is 4.19. The highest BCUT2D eigenvalue weighted by molar-refractivity contribution is 6.37. The van der Waals surface area contributed by atoms with Crippen molar-refractivity contribution in [1.29, 1.82) is 0 Å². The van der Waals surface area contributed by atoms with Crippen LogP contribution in [0.25, 0.3) is 0 Å². The van der Waals surface area contributed by atoms with E-state index in [1.165, 1.54) is 32.1 Å². The second-order valence-electron chi connectivity index (χ2n) is 5.91. The Kier molecular flexibility index (Phi) is 6.43. The minimum atomic E-state index is 0.385. The highest BCUT2D eigenvalue weighted by atomic mass is 35.5. The molecule has 118 valence electrons. The zero-order valence-corrected chi connectivity index (χ0v) is 14.4. The van der Waals surface area contributed by atoms with E-state index < -0.39 is 0 Å². The van der Waals surface area contributed by atoms with Crippen molar-refractivity contribution in [3.05, 3.63) is 16.1 Å². The normalized spacial score (nSPS) is 17.5. The Bertz CT molecular complexity index is 459. The molecule has 0 saturated heterocycles. The monoisotopic (exact) mass is 329 g/mol. The summed E-state index contributed by atoms with van der Waals surface area (Å²) in [6, 6.07) is 2.15. The van der Waals surface area contributed by atoms with E-state index in [4.69, 9.17) is 23.2 Å². The Balaban J connectivity index is 2.07. The number of hydrogen-bond donors (Lipinski definition) is 2. The van der Waals surface area contributed by atoms with Gasteiger partial charge in [-0.1, -0.05) is 49.4 Å². The molecule has 1 aromatic heterocycles. The first kappa shape index (κ1) is 16.7. The molecule has 1 aliphatic carbocycles. The van der Waals surface area contributed by atoms with Crippen molar-refractivity contribution in [2.24, 2.45) is 5.92 Å². The number of nitrogens with one attached hydrogen (secondary N) is 2. The topological polar surface area (TPSA) is 37.0 Å². The standard InChI is InChI=1S/C16H25Cl2N3/c1-3-9-19-15-13(17)10-14(18)16(21-15)20-11(2)12-7-5-4-6-8-12/h10-12H,3-9H2,1-2H3,(H2,19,20,21). The molecule has 0 aliphatic heterocycles. The first-order valence-corrected chi connectivity index (χ1v) is 8.73. The van der Waals surface area contributed by atoms with Gasteiger partial charge in [-0.15, -0.1) is 0 Å². The van der Waals surface area contributed by atoms with Crippen LogP contribution in [0, 0.1) is 5.92 Å². The summed E-state index contributed by atoms with van der Waals surface area (Å²) in [7, 11) is 0. The van der Waals surface area contributed by atoms with Gasteiger partial charge < -0.3 is 10.6 Å². The average Bonchev–Trinajstić information content (AvgIpc) is 2.49. The fraction of sp³-hybridized carbons (Fsp3) is 0.688. The van der Waals surface area contributed by atoms with Crippen LogP contribution in [0.1, 0.15) is 52.4 Å². The molecule has 1 aliphatic rings. The molecule has 0 spiro atoms. The first-order valence-electron chi connectivity index (χ1n) is 7.98. The first-order chi connectivity index (χ1) is 10.1. The molecular weight excluding hydrogens is 305 g/mol. The number of hydrogen-bond acceptors (Lipinski definition) is 3. The van der Waals surface area contributed by atoms with Crippen LogP contribution < -0.4 is 10.6 Å². The second-order valence-corrected chi connectivity index (χ2v) is 6.72. The van der Waals surface area contributed by atoms with Gasteiger partial charge in [0.05, 0.1) is 10.0 Å². The van der Waals surface area contributed by atoms with Crippen molar-refractivity contribution in [2.75, 3.05) is 17.2 Å². The van der Waals surface area contributed by atoms with Crippen molar-refractivity contribution < 1.29 is 0 Å². The Morgan fingerprint density at radius 3 is 2.52 bits per heavy atom. The van der Waals surface area contributed by atoms with E-state index in [-0.39, 0.29) is 0 Å². The van der Waals surface area contributed by atoms with Crippen molar-refractivity contribution in [2.45, 2.75) is 58.4 Å². The number of nitrogens with zero attached hydrogens (tertiary/aromatic N) is 1. The van der Waals surface area contributed by atoms with Gasteiger partial charge in [-0.25, -0.2) is 4.98 Å². The average molecular weight is 330 g/mol. The molecular formula is C16H25Cl2N3. The molecule has 0 bridgehead atoms. The lowest BCUT2D eigenvalue weighted by molar-refractivity contribution is 0.328. The van der Waals surface area contributed by atoms with Gasteiger partial charge in [-0.2, -0.15) is 0 Å². The summed E-state index contributed by atoms with van der Waals surface area (Å²) in [4.78, 5) is 4.56. The van der Waals surface area contributed by atoms with Crippen LogP contribution in [0.15, 0.2) is 6.07 Å². The Morgan fingerprint density at radius 1 is 1.19 bits per heavy atom. The third-order valence-corrected chi connectivity index (χ3v) is 4.77. The highest BCUT2D eigenvalue weighted by Gasteiger charge is 2.21. The van der Waals surface area contributed by atoms with Gasteiger partial charge in [-0.3, -0.25) is 0 Å². The Morgan fingerprint density at radius 2 is 1.86 bits per heavy atom. The highest BCUT2D eigenvalue weighted by Crippen LogP contribution is 2.32. The maximum absolute atomic E-state index is 6.28. The molecule has 3 nitrogen and oxygen atoms in total. The minimum absolute atomic E-state index is 0.385. The number of pyridine rings is 1. The number of halogens is 2. The second kappa shape index (κ2) is 8.09. The number of rotatable bonds is 6. The predicted octanol–water partition coefficient (Wildman–Crippen LogP) is 5.59. The lowest BCUT2D eigenvalue weighted by Gasteiger charge is -2.29. The molecule has 0 aromatic carbocycles. The van der Waals surface area contributed by atoms with E-state index in [0.717, 1.165) is 18.8 Å². The fourth-order valence-corrected chi connectivity index (χ4v) is 3.38. The zero-order valence-electron chi connectivity index (χ0n) is 12.9. The maximum Gasteiger partial charge on any atom is 0.147 e. The molecule has 2 rings (SSSR count). The van der Waals surface area contributed by atoms with Crippen molar-refractivity contribution in [3.63, 3.8) is 0 Å². The molecule has 2 N–H and O–H groups in total. The number of anilines is 2. The van der Waals surface area contributed by atoms with E-state index >= 15 is 0 Å². The molecule has 1 atom stereocenters. The van der Waals surface area contributed by atoms with Crippen LogP contribution in [0.5, 0.6) is 0 Å². The van der Waals surface area contributed by atoms with Gasteiger partial charge in [-0.05, 0) is 38.2 Å². The SMILES string of the molecule is CCCNc1nc(NC(C)C2CCCCC2)c(Cl)cc1Cl. The zero-order chi connectivity index (χ0) is 15.2. The van der Waals surface area contributed by atoms with E-state index in [1.807, 2.05) is 0 Å². The van der Waals surface area contributed by atoms with E-state index in [2.05, 4.69) is 29.5 Å². The summed E-state index contributed by atoms with van der Waals surface area (Å²) in [5.74, 6) is 2.15. The lowest BCUT2D eigenvalue weighted by Crippen LogP contribution is -2.28. The molecule has 0 radical (unpaired) electrons. The van der Waals surface area contributed by atoms with Gasteiger partial charge in [0.25, 0.3) is 0 Å². The summed E-state index contributed by atoms with van der Waals surface area (Å²) in [6.45, 7) is 5.19. The largest absolute Gasteiger partial charge is 0.369 e. The molecule has 1 unspecified atom stereocenters. The Hall–Kier alpha value is -0.670. The van der Waals surface area contributed by atoms with Gasteiger partial charge in [0.1, 0.15) is 11.6 Å². The summed E-state index contributed by atoms with van der Waals surface area (Å²) in [6.07, 6.45) is 7.65. The van der Waals surface area contributed by atoms with Gasteiger partial charge >= 0.3 is 0 Å². The molecule has 0 amide bonds. The third kappa shape index (κ3) is 4.65. The van der Waals surface area contributed by atoms with E-state index in [9.17, 15) is 0 Å². The molecule has 1 heterocycles. The molecule has 1 fully saturated rings. The summed E-state index contributed by atoms with van der Waals surface area (Å²) < 4.78 is 0. The van der Waals surface area contributed by atoms with Crippen molar-refractivity contribution in [3.8, 4) is 0 Å². The van der Waals surface area contributed by atoms with E-state index in [0.29, 0.717) is 27.8 Å². The Labute approximate surface area is 137 Å². The van der Waals surface area contributed by atoms with Crippen molar-refractivity contribution in [1.82, 2.24) is 4.98 Å². The minimum Gasteiger partial charge on any atom is -0.369 e. The van der Waals surface area contributed by atoms with Gasteiger partial charge in [0.2, 0.25) is 0 Å². The molecule has 1 saturated carbocycles. The summed E-state index contributed by atoms with van der Waals surface area (Å²) in [5.41, 5.74) is 0. The van der Waals surface area contributed by atoms with Crippen molar-refractivity contribution >= 4 is 34.8 Å². The van der Waals surface area contributed by atoms with Gasteiger partial charge in [0, 0.05) is 12.6 Å². The van der Waals surface area contributed by atoms with Crippen LogP contribution in [0.3, 0.4) is 0 Å². The van der Waals surface area contributed by atoms with Crippen LogP contribution in [0.2, 0.25) is 10.0 Å². The smallest absolute Gasteiger partial charge is 0.147 e. The quantitative estimate of drug-likeness (QED) is 0.714. The van der Waals surface area contributed by atoms with Crippen LogP contribution >= 0.6 is 23.2 Å². The van der Waals surface area contributed by atoms with Gasteiger partial charge in [0.15, 0.2) is 0 Å². The molecule has 5 heteroatoms. The summed E-state index contributed by atoms with van der Waals surface area (Å²) in [5, 5.41) is 7.88. The van der Waals surface area contributed by atoms with Crippen LogP contribution in [0.4, 0.5) is 11.6 Å². The lowest BCUT2D eigenvalue weighted by atomic mass is 9.84. The van der Waals surface area contributed by atoms with Crippen LogP contribution in [-0.4, -0.2) is 17.6 Å². The number of aromatic nitrogens is 1. The summed E-state index contributed by atoms with van der Waals surface area (Å²) >= 11 is 12.5. The molecule has 1 aromatic rings. The van der Waals surface area contributed by atoms with E-state index in [1.54, 1.807) is 6.07 Å². The fourth-order valence-electron chi connectivity index (χ4n) is 2.90.